The van der Waals surface area contributed by atoms with Gasteiger partial charge in [-0.05, 0) is 37.1 Å². The molecule has 0 radical (unpaired) electrons. The largest absolute Gasteiger partial charge is 0.488 e. The molecule has 0 unspecified atom stereocenters. The van der Waals surface area contributed by atoms with E-state index in [0.29, 0.717) is 13.2 Å². The number of hydrogen-bond donors (Lipinski definition) is 1. The molecule has 0 saturated heterocycles. The summed E-state index contributed by atoms with van der Waals surface area (Å²) < 4.78 is 16.8. The summed E-state index contributed by atoms with van der Waals surface area (Å²) >= 11 is 0. The average Bonchev–Trinajstić information content (AvgIpc) is 2.94. The summed E-state index contributed by atoms with van der Waals surface area (Å²) in [5.74, 6) is 2.31. The first-order valence-corrected chi connectivity index (χ1v) is 7.07. The second-order valence-electron chi connectivity index (χ2n) is 5.13. The Labute approximate surface area is 124 Å². The van der Waals surface area contributed by atoms with Crippen LogP contribution in [0.5, 0.6) is 17.2 Å². The number of rotatable bonds is 5. The van der Waals surface area contributed by atoms with Crippen LogP contribution in [0.1, 0.15) is 16.7 Å². The van der Waals surface area contributed by atoms with Crippen LogP contribution in [0.3, 0.4) is 0 Å². The Morgan fingerprint density at radius 3 is 2.52 bits per heavy atom. The lowest BCUT2D eigenvalue weighted by molar-refractivity contribution is 0.173. The van der Waals surface area contributed by atoms with Crippen molar-refractivity contribution in [1.82, 2.24) is 0 Å². The quantitative estimate of drug-likeness (QED) is 0.918. The number of aryl methyl sites for hydroxylation is 1. The molecule has 0 aliphatic carbocycles. The van der Waals surface area contributed by atoms with Crippen molar-refractivity contribution < 1.29 is 14.2 Å². The van der Waals surface area contributed by atoms with Crippen LogP contribution in [0, 0.1) is 6.92 Å². The number of benzene rings is 2. The summed E-state index contributed by atoms with van der Waals surface area (Å²) in [6.45, 7) is 3.43. The van der Waals surface area contributed by atoms with E-state index in [9.17, 15) is 0 Å². The molecule has 2 N–H and O–H groups in total. The van der Waals surface area contributed by atoms with Crippen molar-refractivity contribution in [2.45, 2.75) is 20.0 Å². The zero-order chi connectivity index (χ0) is 14.7. The second kappa shape index (κ2) is 6.06. The number of nitrogens with two attached hydrogens (primary N) is 1. The monoisotopic (exact) mass is 285 g/mol. The highest BCUT2D eigenvalue weighted by molar-refractivity contribution is 5.52. The lowest BCUT2D eigenvalue weighted by Crippen LogP contribution is -2.05. The molecule has 0 aromatic heterocycles. The zero-order valence-electron chi connectivity index (χ0n) is 12.1. The number of ether oxygens (including phenoxy) is 3. The standard InChI is InChI=1S/C17H19NO3/c1-12-2-4-13(5-3-12)10-19-15-9-17-16(20-11-21-17)8-14(15)6-7-18/h2-5,8-9H,6-7,10-11,18H2,1H3. The van der Waals surface area contributed by atoms with E-state index >= 15 is 0 Å². The van der Waals surface area contributed by atoms with Gasteiger partial charge in [-0.2, -0.15) is 0 Å². The summed E-state index contributed by atoms with van der Waals surface area (Å²) in [6.07, 6.45) is 0.750. The molecule has 2 aromatic rings. The molecule has 2 aromatic carbocycles. The maximum absolute atomic E-state index is 5.95. The van der Waals surface area contributed by atoms with Crippen LogP contribution in [0.4, 0.5) is 0 Å². The Morgan fingerprint density at radius 1 is 1.10 bits per heavy atom. The van der Waals surface area contributed by atoms with Gasteiger partial charge >= 0.3 is 0 Å². The van der Waals surface area contributed by atoms with Crippen molar-refractivity contribution in [3.63, 3.8) is 0 Å². The molecule has 0 atom stereocenters. The van der Waals surface area contributed by atoms with Crippen LogP contribution < -0.4 is 19.9 Å². The van der Waals surface area contributed by atoms with E-state index in [1.54, 1.807) is 0 Å². The summed E-state index contributed by atoms with van der Waals surface area (Å²) in [5, 5.41) is 0. The van der Waals surface area contributed by atoms with Crippen molar-refractivity contribution in [1.29, 1.82) is 0 Å². The van der Waals surface area contributed by atoms with E-state index in [1.807, 2.05) is 12.1 Å². The first-order valence-electron chi connectivity index (χ1n) is 7.07. The third-order valence-corrected chi connectivity index (χ3v) is 3.48. The third kappa shape index (κ3) is 3.11. The smallest absolute Gasteiger partial charge is 0.231 e. The van der Waals surface area contributed by atoms with Crippen LogP contribution in [0.15, 0.2) is 36.4 Å². The van der Waals surface area contributed by atoms with Crippen molar-refractivity contribution >= 4 is 0 Å². The van der Waals surface area contributed by atoms with Gasteiger partial charge in [0, 0.05) is 6.07 Å². The molecule has 0 amide bonds. The Balaban J connectivity index is 1.78. The first-order chi connectivity index (χ1) is 10.3. The molecule has 21 heavy (non-hydrogen) atoms. The highest BCUT2D eigenvalue weighted by Crippen LogP contribution is 2.38. The molecule has 3 rings (SSSR count). The molecule has 1 aliphatic rings. The summed E-state index contributed by atoms with van der Waals surface area (Å²) in [4.78, 5) is 0. The Morgan fingerprint density at radius 2 is 1.81 bits per heavy atom. The molecule has 0 bridgehead atoms. The van der Waals surface area contributed by atoms with Crippen molar-refractivity contribution in [2.24, 2.45) is 5.73 Å². The van der Waals surface area contributed by atoms with Crippen molar-refractivity contribution in [3.8, 4) is 17.2 Å². The first kappa shape index (κ1) is 13.8. The van der Waals surface area contributed by atoms with Gasteiger partial charge in [0.1, 0.15) is 12.4 Å². The van der Waals surface area contributed by atoms with Gasteiger partial charge in [-0.15, -0.1) is 0 Å². The molecule has 1 heterocycles. The predicted molar refractivity (Wildman–Crippen MR) is 80.8 cm³/mol. The van der Waals surface area contributed by atoms with Gasteiger partial charge in [0.25, 0.3) is 0 Å². The fourth-order valence-corrected chi connectivity index (χ4v) is 2.30. The molecule has 4 heteroatoms. The molecular formula is C17H19NO3. The highest BCUT2D eigenvalue weighted by Gasteiger charge is 2.17. The van der Waals surface area contributed by atoms with Crippen molar-refractivity contribution in [3.05, 3.63) is 53.1 Å². The van der Waals surface area contributed by atoms with E-state index in [0.717, 1.165) is 34.8 Å². The highest BCUT2D eigenvalue weighted by atomic mass is 16.7. The Kier molecular flexibility index (Phi) is 3.97. The van der Waals surface area contributed by atoms with Gasteiger partial charge in [-0.1, -0.05) is 29.8 Å². The fourth-order valence-electron chi connectivity index (χ4n) is 2.30. The molecule has 110 valence electrons. The number of fused-ring (bicyclic) bond motifs is 1. The minimum Gasteiger partial charge on any atom is -0.488 e. The molecular weight excluding hydrogens is 266 g/mol. The van der Waals surface area contributed by atoms with Crippen LogP contribution in [-0.4, -0.2) is 13.3 Å². The third-order valence-electron chi connectivity index (χ3n) is 3.48. The van der Waals surface area contributed by atoms with Crippen LogP contribution >= 0.6 is 0 Å². The molecule has 0 saturated carbocycles. The van der Waals surface area contributed by atoms with Gasteiger partial charge in [0.15, 0.2) is 11.5 Å². The Bertz CT molecular complexity index is 623. The SMILES string of the molecule is Cc1ccc(COc2cc3c(cc2CCN)OCO3)cc1. The predicted octanol–water partition coefficient (Wildman–Crippen LogP) is 2.80. The summed E-state index contributed by atoms with van der Waals surface area (Å²) in [5.41, 5.74) is 9.10. The normalized spacial score (nSPS) is 12.5. The van der Waals surface area contributed by atoms with Crippen LogP contribution in [0.2, 0.25) is 0 Å². The lowest BCUT2D eigenvalue weighted by Gasteiger charge is -2.12. The van der Waals surface area contributed by atoms with E-state index in [-0.39, 0.29) is 6.79 Å². The van der Waals surface area contributed by atoms with Gasteiger partial charge in [-0.25, -0.2) is 0 Å². The summed E-state index contributed by atoms with van der Waals surface area (Å²) in [7, 11) is 0. The molecule has 1 aliphatic heterocycles. The van der Waals surface area contributed by atoms with E-state index in [2.05, 4.69) is 31.2 Å². The van der Waals surface area contributed by atoms with Crippen LogP contribution in [0.25, 0.3) is 0 Å². The van der Waals surface area contributed by atoms with E-state index < -0.39 is 0 Å². The van der Waals surface area contributed by atoms with Gasteiger partial charge in [-0.3, -0.25) is 0 Å². The average molecular weight is 285 g/mol. The minimum atomic E-state index is 0.263. The summed E-state index contributed by atoms with van der Waals surface area (Å²) in [6, 6.07) is 12.2. The van der Waals surface area contributed by atoms with Gasteiger partial charge in [0.05, 0.1) is 0 Å². The topological polar surface area (TPSA) is 53.7 Å². The lowest BCUT2D eigenvalue weighted by atomic mass is 10.1. The second-order valence-corrected chi connectivity index (χ2v) is 5.13. The van der Waals surface area contributed by atoms with E-state index in [1.165, 1.54) is 5.56 Å². The molecule has 0 fully saturated rings. The molecule has 4 nitrogen and oxygen atoms in total. The van der Waals surface area contributed by atoms with Crippen LogP contribution in [-0.2, 0) is 13.0 Å². The van der Waals surface area contributed by atoms with Gasteiger partial charge in [0.2, 0.25) is 6.79 Å². The maximum Gasteiger partial charge on any atom is 0.231 e. The van der Waals surface area contributed by atoms with E-state index in [4.69, 9.17) is 19.9 Å². The van der Waals surface area contributed by atoms with Gasteiger partial charge < -0.3 is 19.9 Å². The van der Waals surface area contributed by atoms with Crippen molar-refractivity contribution in [2.75, 3.05) is 13.3 Å². The molecule has 0 spiro atoms. The maximum atomic E-state index is 5.95. The fraction of sp³-hybridized carbons (Fsp3) is 0.294. The number of hydrogen-bond acceptors (Lipinski definition) is 4. The zero-order valence-corrected chi connectivity index (χ0v) is 12.1. The minimum absolute atomic E-state index is 0.263. The Hall–Kier alpha value is -2.20.